The second kappa shape index (κ2) is 7.54. The molecule has 0 bridgehead atoms. The number of carbonyl (C=O) groups is 1. The summed E-state index contributed by atoms with van der Waals surface area (Å²) in [6.07, 6.45) is 0. The van der Waals surface area contributed by atoms with Gasteiger partial charge in [-0.3, -0.25) is 9.36 Å². The Bertz CT molecular complexity index is 1190. The molecule has 144 valence electrons. The number of rotatable bonds is 3. The number of halogens is 5. The van der Waals surface area contributed by atoms with Crippen molar-refractivity contribution in [1.82, 2.24) is 4.57 Å². The van der Waals surface area contributed by atoms with Gasteiger partial charge < -0.3 is 5.11 Å². The van der Waals surface area contributed by atoms with Gasteiger partial charge in [0, 0.05) is 17.3 Å². The van der Waals surface area contributed by atoms with Gasteiger partial charge in [0.15, 0.2) is 0 Å². The fraction of sp³-hybridized carbons (Fsp3) is 0.0526. The summed E-state index contributed by atoms with van der Waals surface area (Å²) in [5, 5.41) is 9.92. The first-order valence-electron chi connectivity index (χ1n) is 7.72. The van der Waals surface area contributed by atoms with Crippen LogP contribution in [-0.2, 0) is 0 Å². The second-order valence-electron chi connectivity index (χ2n) is 5.82. The summed E-state index contributed by atoms with van der Waals surface area (Å²) in [6.45, 7) is 1.42. The average Bonchev–Trinajstić information content (AvgIpc) is 2.62. The summed E-state index contributed by atoms with van der Waals surface area (Å²) < 4.78 is 28.3. The van der Waals surface area contributed by atoms with Crippen LogP contribution in [0.4, 0.5) is 8.78 Å². The highest BCUT2D eigenvalue weighted by molar-refractivity contribution is 6.42. The van der Waals surface area contributed by atoms with Crippen molar-refractivity contribution in [3.8, 4) is 16.8 Å². The van der Waals surface area contributed by atoms with Gasteiger partial charge in [0.25, 0.3) is 5.56 Å². The molecule has 0 unspecified atom stereocenters. The molecule has 9 heteroatoms. The van der Waals surface area contributed by atoms with Crippen molar-refractivity contribution in [3.05, 3.63) is 84.7 Å². The summed E-state index contributed by atoms with van der Waals surface area (Å²) in [5.74, 6) is -3.45. The normalized spacial score (nSPS) is 10.9. The predicted molar refractivity (Wildman–Crippen MR) is 104 cm³/mol. The van der Waals surface area contributed by atoms with Gasteiger partial charge in [-0.1, -0.05) is 40.9 Å². The molecule has 3 aromatic rings. The van der Waals surface area contributed by atoms with E-state index in [-0.39, 0.29) is 37.6 Å². The van der Waals surface area contributed by atoms with Gasteiger partial charge >= 0.3 is 5.97 Å². The number of aromatic nitrogens is 1. The van der Waals surface area contributed by atoms with Crippen LogP contribution in [0.3, 0.4) is 0 Å². The largest absolute Gasteiger partial charge is 0.477 e. The fourth-order valence-electron chi connectivity index (χ4n) is 2.83. The van der Waals surface area contributed by atoms with Crippen molar-refractivity contribution in [3.63, 3.8) is 0 Å². The van der Waals surface area contributed by atoms with Crippen LogP contribution in [0.2, 0.25) is 15.1 Å². The number of nitrogens with zero attached hydrogens (tertiary/aromatic N) is 1. The minimum Gasteiger partial charge on any atom is -0.477 e. The first-order chi connectivity index (χ1) is 13.1. The molecule has 2 aromatic carbocycles. The zero-order chi connectivity index (χ0) is 20.7. The molecule has 0 saturated heterocycles. The molecule has 0 spiro atoms. The van der Waals surface area contributed by atoms with Gasteiger partial charge in [0.05, 0.1) is 20.8 Å². The fourth-order valence-corrected chi connectivity index (χ4v) is 3.42. The van der Waals surface area contributed by atoms with Crippen molar-refractivity contribution in [2.75, 3.05) is 0 Å². The van der Waals surface area contributed by atoms with E-state index in [1.165, 1.54) is 25.1 Å². The van der Waals surface area contributed by atoms with Crippen LogP contribution >= 0.6 is 34.8 Å². The van der Waals surface area contributed by atoms with Crippen LogP contribution < -0.4 is 5.56 Å². The monoisotopic (exact) mass is 443 g/mol. The van der Waals surface area contributed by atoms with Crippen LogP contribution in [0.15, 0.2) is 41.2 Å². The Morgan fingerprint density at radius 2 is 1.71 bits per heavy atom. The lowest BCUT2D eigenvalue weighted by atomic mass is 9.99. The Labute approximate surface area is 172 Å². The third-order valence-electron chi connectivity index (χ3n) is 4.11. The van der Waals surface area contributed by atoms with Crippen molar-refractivity contribution in [1.29, 1.82) is 0 Å². The van der Waals surface area contributed by atoms with E-state index < -0.39 is 28.7 Å². The number of carboxylic acids is 1. The Morgan fingerprint density at radius 3 is 2.29 bits per heavy atom. The minimum atomic E-state index is -1.57. The molecule has 0 fully saturated rings. The molecule has 0 atom stereocenters. The predicted octanol–water partition coefficient (Wildman–Crippen LogP) is 5.75. The standard InChI is InChI=1S/C19H10Cl3F2NO3/c1-8-17(22)15(9-2-4-11(20)12(21)6-9)16(19(27)28)18(26)25(8)14-5-3-10(23)7-13(14)24/h2-7H,1H3,(H,27,28). The molecule has 1 heterocycles. The average molecular weight is 445 g/mol. The lowest BCUT2D eigenvalue weighted by molar-refractivity contribution is 0.0695. The minimum absolute atomic E-state index is 0.0725. The van der Waals surface area contributed by atoms with Crippen LogP contribution in [0.1, 0.15) is 16.1 Å². The number of pyridine rings is 1. The van der Waals surface area contributed by atoms with Crippen molar-refractivity contribution >= 4 is 40.8 Å². The number of carboxylic acid groups (broad SMARTS) is 1. The first kappa shape index (κ1) is 20.3. The van der Waals surface area contributed by atoms with Crippen molar-refractivity contribution < 1.29 is 18.7 Å². The molecule has 0 aliphatic heterocycles. The van der Waals surface area contributed by atoms with Gasteiger partial charge in [0.1, 0.15) is 17.2 Å². The molecule has 1 N–H and O–H groups in total. The van der Waals surface area contributed by atoms with E-state index in [0.717, 1.165) is 16.7 Å². The van der Waals surface area contributed by atoms with Gasteiger partial charge in [-0.05, 0) is 36.8 Å². The molecule has 1 aromatic heterocycles. The summed E-state index contributed by atoms with van der Waals surface area (Å²) >= 11 is 18.3. The Balaban J connectivity index is 2.43. The molecule has 0 aliphatic carbocycles. The Kier molecular flexibility index (Phi) is 5.48. The summed E-state index contributed by atoms with van der Waals surface area (Å²) in [6, 6.07) is 6.83. The highest BCUT2D eigenvalue weighted by Gasteiger charge is 2.26. The SMILES string of the molecule is Cc1c(Cl)c(-c2ccc(Cl)c(Cl)c2)c(C(=O)O)c(=O)n1-c1ccc(F)cc1F. The Hall–Kier alpha value is -2.41. The van der Waals surface area contributed by atoms with Crippen molar-refractivity contribution in [2.45, 2.75) is 6.92 Å². The summed E-state index contributed by atoms with van der Waals surface area (Å²) in [5.41, 5.74) is -1.78. The molecule has 0 amide bonds. The topological polar surface area (TPSA) is 59.3 Å². The van der Waals surface area contributed by atoms with Crippen LogP contribution in [0, 0.1) is 18.6 Å². The van der Waals surface area contributed by atoms with Crippen LogP contribution in [0.5, 0.6) is 0 Å². The lowest BCUT2D eigenvalue weighted by Gasteiger charge is -2.18. The zero-order valence-corrected chi connectivity index (χ0v) is 16.3. The van der Waals surface area contributed by atoms with E-state index in [1.54, 1.807) is 0 Å². The molecular weight excluding hydrogens is 435 g/mol. The molecular formula is C19H10Cl3F2NO3. The highest BCUT2D eigenvalue weighted by atomic mass is 35.5. The van der Waals surface area contributed by atoms with E-state index >= 15 is 0 Å². The van der Waals surface area contributed by atoms with E-state index in [9.17, 15) is 23.5 Å². The van der Waals surface area contributed by atoms with E-state index in [0.29, 0.717) is 6.07 Å². The zero-order valence-electron chi connectivity index (χ0n) is 14.1. The van der Waals surface area contributed by atoms with Gasteiger partial charge in [-0.15, -0.1) is 0 Å². The van der Waals surface area contributed by atoms with Gasteiger partial charge in [0.2, 0.25) is 0 Å². The van der Waals surface area contributed by atoms with E-state index in [1.807, 2.05) is 0 Å². The number of hydrogen-bond donors (Lipinski definition) is 1. The van der Waals surface area contributed by atoms with Crippen LogP contribution in [-0.4, -0.2) is 15.6 Å². The van der Waals surface area contributed by atoms with E-state index in [4.69, 9.17) is 34.8 Å². The maximum atomic E-state index is 14.3. The van der Waals surface area contributed by atoms with Crippen molar-refractivity contribution in [2.24, 2.45) is 0 Å². The lowest BCUT2D eigenvalue weighted by Crippen LogP contribution is -2.29. The quantitative estimate of drug-likeness (QED) is 0.559. The first-order valence-corrected chi connectivity index (χ1v) is 8.86. The molecule has 0 radical (unpaired) electrons. The summed E-state index contributed by atoms with van der Waals surface area (Å²) in [4.78, 5) is 24.8. The summed E-state index contributed by atoms with van der Waals surface area (Å²) in [7, 11) is 0. The Morgan fingerprint density at radius 1 is 1.04 bits per heavy atom. The molecule has 0 saturated carbocycles. The third kappa shape index (κ3) is 3.39. The molecule has 3 rings (SSSR count). The maximum absolute atomic E-state index is 14.3. The van der Waals surface area contributed by atoms with E-state index in [2.05, 4.69) is 0 Å². The highest BCUT2D eigenvalue weighted by Crippen LogP contribution is 2.36. The van der Waals surface area contributed by atoms with Gasteiger partial charge in [-0.2, -0.15) is 0 Å². The third-order valence-corrected chi connectivity index (χ3v) is 5.31. The number of hydrogen-bond acceptors (Lipinski definition) is 2. The van der Waals surface area contributed by atoms with Gasteiger partial charge in [-0.25, -0.2) is 13.6 Å². The van der Waals surface area contributed by atoms with Crippen LogP contribution in [0.25, 0.3) is 16.8 Å². The second-order valence-corrected chi connectivity index (χ2v) is 7.01. The molecule has 0 aliphatic rings. The maximum Gasteiger partial charge on any atom is 0.342 e. The number of benzene rings is 2. The smallest absolute Gasteiger partial charge is 0.342 e. The molecule has 4 nitrogen and oxygen atoms in total. The molecule has 28 heavy (non-hydrogen) atoms. The number of aromatic carboxylic acids is 1.